The molecule has 2 fully saturated rings. The maximum atomic E-state index is 6.12. The molecule has 2 aliphatic rings. The van der Waals surface area contributed by atoms with E-state index in [1.807, 2.05) is 19.2 Å². The molecule has 0 amide bonds. The van der Waals surface area contributed by atoms with Crippen molar-refractivity contribution in [1.29, 1.82) is 0 Å². The number of hydrogen-bond donors (Lipinski definition) is 1. The topological polar surface area (TPSA) is 55.3 Å². The molecule has 3 rings (SSSR count). The zero-order valence-electron chi connectivity index (χ0n) is 18.5. The molecule has 1 aromatic rings. The molecule has 2 aliphatic heterocycles. The maximum Gasteiger partial charge on any atom is 0.193 e. The van der Waals surface area contributed by atoms with Crippen LogP contribution in [0.4, 0.5) is 0 Å². The van der Waals surface area contributed by atoms with Gasteiger partial charge in [0.2, 0.25) is 0 Å². The minimum Gasteiger partial charge on any atom is -0.494 e. The number of ether oxygens (including phenoxy) is 3. The van der Waals surface area contributed by atoms with E-state index in [2.05, 4.69) is 34.3 Å². The van der Waals surface area contributed by atoms with E-state index in [4.69, 9.17) is 14.2 Å². The molecule has 1 N–H and O–H groups in total. The van der Waals surface area contributed by atoms with Crippen LogP contribution < -0.4 is 10.1 Å². The van der Waals surface area contributed by atoms with Crippen molar-refractivity contribution in [3.8, 4) is 5.75 Å². The number of piperidine rings is 1. The predicted molar refractivity (Wildman–Crippen MR) is 132 cm³/mol. The molecule has 0 aliphatic carbocycles. The Balaban J connectivity index is 0.00000320. The second-order valence-corrected chi connectivity index (χ2v) is 8.00. The maximum absolute atomic E-state index is 6.12. The second-order valence-electron chi connectivity index (χ2n) is 8.00. The molecular formula is C23H38IN3O3. The third-order valence-corrected chi connectivity index (χ3v) is 5.64. The van der Waals surface area contributed by atoms with Crippen LogP contribution in [0.25, 0.3) is 0 Å². The van der Waals surface area contributed by atoms with E-state index < -0.39 is 0 Å². The van der Waals surface area contributed by atoms with Crippen molar-refractivity contribution in [3.05, 3.63) is 29.8 Å². The van der Waals surface area contributed by atoms with E-state index in [1.54, 1.807) is 0 Å². The SMILES string of the molecule is CN=C(NCCCOc1ccc(C)cc1)N1CCC(OCC2CCCCO2)CC1.I. The summed E-state index contributed by atoms with van der Waals surface area (Å²) >= 11 is 0. The fourth-order valence-electron chi connectivity index (χ4n) is 3.85. The molecule has 0 radical (unpaired) electrons. The number of guanidine groups is 1. The fourth-order valence-corrected chi connectivity index (χ4v) is 3.85. The van der Waals surface area contributed by atoms with E-state index >= 15 is 0 Å². The first-order valence-electron chi connectivity index (χ1n) is 11.1. The van der Waals surface area contributed by atoms with E-state index in [-0.39, 0.29) is 24.0 Å². The Bertz CT molecular complexity index is 613. The highest BCUT2D eigenvalue weighted by Gasteiger charge is 2.23. The molecule has 7 heteroatoms. The van der Waals surface area contributed by atoms with Gasteiger partial charge in [-0.2, -0.15) is 0 Å². The lowest BCUT2D eigenvalue weighted by molar-refractivity contribution is -0.0721. The smallest absolute Gasteiger partial charge is 0.193 e. The number of aryl methyl sites for hydroxylation is 1. The number of likely N-dealkylation sites (tertiary alicyclic amines) is 1. The molecular weight excluding hydrogens is 493 g/mol. The summed E-state index contributed by atoms with van der Waals surface area (Å²) in [5.74, 6) is 1.91. The van der Waals surface area contributed by atoms with Crippen molar-refractivity contribution in [2.24, 2.45) is 4.99 Å². The van der Waals surface area contributed by atoms with E-state index in [1.165, 1.54) is 18.4 Å². The summed E-state index contributed by atoms with van der Waals surface area (Å²) < 4.78 is 17.7. The molecule has 170 valence electrons. The Labute approximate surface area is 198 Å². The molecule has 1 unspecified atom stereocenters. The van der Waals surface area contributed by atoms with Crippen LogP contribution in [-0.2, 0) is 9.47 Å². The lowest BCUT2D eigenvalue weighted by Crippen LogP contribution is -2.47. The summed E-state index contributed by atoms with van der Waals surface area (Å²) in [7, 11) is 1.86. The van der Waals surface area contributed by atoms with Crippen LogP contribution in [0.3, 0.4) is 0 Å². The van der Waals surface area contributed by atoms with Gasteiger partial charge in [0.1, 0.15) is 5.75 Å². The first-order valence-corrected chi connectivity index (χ1v) is 11.1. The monoisotopic (exact) mass is 531 g/mol. The van der Waals surface area contributed by atoms with Gasteiger partial charge in [-0.25, -0.2) is 0 Å². The summed E-state index contributed by atoms with van der Waals surface area (Å²) in [6.07, 6.45) is 7.28. The minimum absolute atomic E-state index is 0. The van der Waals surface area contributed by atoms with E-state index in [0.717, 1.165) is 70.2 Å². The Morgan fingerprint density at radius 1 is 1.17 bits per heavy atom. The molecule has 2 saturated heterocycles. The lowest BCUT2D eigenvalue weighted by atomic mass is 10.1. The third-order valence-electron chi connectivity index (χ3n) is 5.64. The van der Waals surface area contributed by atoms with Crippen LogP contribution >= 0.6 is 24.0 Å². The average Bonchev–Trinajstić information content (AvgIpc) is 2.77. The summed E-state index contributed by atoms with van der Waals surface area (Å²) in [4.78, 5) is 6.78. The summed E-state index contributed by atoms with van der Waals surface area (Å²) in [5.41, 5.74) is 1.25. The Hall–Kier alpha value is -1.06. The van der Waals surface area contributed by atoms with Gasteiger partial charge in [0.15, 0.2) is 5.96 Å². The quantitative estimate of drug-likeness (QED) is 0.238. The van der Waals surface area contributed by atoms with Gasteiger partial charge >= 0.3 is 0 Å². The molecule has 0 bridgehead atoms. The number of nitrogens with one attached hydrogen (secondary N) is 1. The zero-order valence-corrected chi connectivity index (χ0v) is 20.8. The van der Waals surface area contributed by atoms with Crippen molar-refractivity contribution < 1.29 is 14.2 Å². The standard InChI is InChI=1S/C23H37N3O3.HI/c1-19-7-9-20(10-8-19)27-17-5-13-25-23(24-2)26-14-11-21(12-15-26)29-18-22-6-3-4-16-28-22;/h7-10,21-22H,3-6,11-18H2,1-2H3,(H,24,25);1H. The Morgan fingerprint density at radius 2 is 1.93 bits per heavy atom. The van der Waals surface area contributed by atoms with Crippen LogP contribution in [-0.4, -0.2) is 69.6 Å². The van der Waals surface area contributed by atoms with Crippen molar-refractivity contribution >= 4 is 29.9 Å². The lowest BCUT2D eigenvalue weighted by Gasteiger charge is -2.35. The van der Waals surface area contributed by atoms with Gasteiger partial charge in [-0.15, -0.1) is 24.0 Å². The fraction of sp³-hybridized carbons (Fsp3) is 0.696. The Morgan fingerprint density at radius 3 is 2.60 bits per heavy atom. The third kappa shape index (κ3) is 8.59. The molecule has 6 nitrogen and oxygen atoms in total. The molecule has 2 heterocycles. The number of benzene rings is 1. The largest absolute Gasteiger partial charge is 0.494 e. The number of hydrogen-bond acceptors (Lipinski definition) is 4. The van der Waals surface area contributed by atoms with Gasteiger partial charge < -0.3 is 24.4 Å². The zero-order chi connectivity index (χ0) is 20.3. The van der Waals surface area contributed by atoms with Crippen LogP contribution in [0.2, 0.25) is 0 Å². The van der Waals surface area contributed by atoms with Gasteiger partial charge in [0, 0.05) is 33.3 Å². The van der Waals surface area contributed by atoms with Crippen molar-refractivity contribution in [1.82, 2.24) is 10.2 Å². The van der Waals surface area contributed by atoms with E-state index in [9.17, 15) is 0 Å². The van der Waals surface area contributed by atoms with Gasteiger partial charge in [-0.1, -0.05) is 17.7 Å². The van der Waals surface area contributed by atoms with Gasteiger partial charge in [0.25, 0.3) is 0 Å². The molecule has 0 aromatic heterocycles. The van der Waals surface area contributed by atoms with Gasteiger partial charge in [-0.05, 0) is 57.6 Å². The Kier molecular flexibility index (Phi) is 11.8. The predicted octanol–water partition coefficient (Wildman–Crippen LogP) is 4.01. The highest BCUT2D eigenvalue weighted by atomic mass is 127. The van der Waals surface area contributed by atoms with Crippen LogP contribution in [0.1, 0.15) is 44.1 Å². The minimum atomic E-state index is 0. The normalized spacial score (nSPS) is 20.5. The number of rotatable bonds is 8. The van der Waals surface area contributed by atoms with Gasteiger partial charge in [-0.3, -0.25) is 4.99 Å². The van der Waals surface area contributed by atoms with Crippen LogP contribution in [0, 0.1) is 6.92 Å². The highest BCUT2D eigenvalue weighted by Crippen LogP contribution is 2.18. The van der Waals surface area contributed by atoms with Crippen molar-refractivity contribution in [3.63, 3.8) is 0 Å². The molecule has 30 heavy (non-hydrogen) atoms. The average molecular weight is 531 g/mol. The van der Waals surface area contributed by atoms with Crippen LogP contribution in [0.5, 0.6) is 5.75 Å². The van der Waals surface area contributed by atoms with Crippen molar-refractivity contribution in [2.75, 3.05) is 46.5 Å². The van der Waals surface area contributed by atoms with E-state index in [0.29, 0.717) is 18.8 Å². The molecule has 0 saturated carbocycles. The first kappa shape index (κ1) is 25.2. The number of halogens is 1. The van der Waals surface area contributed by atoms with Gasteiger partial charge in [0.05, 0.1) is 25.4 Å². The summed E-state index contributed by atoms with van der Waals surface area (Å²) in [5, 5.41) is 3.47. The number of nitrogens with zero attached hydrogens (tertiary/aromatic N) is 2. The highest BCUT2D eigenvalue weighted by molar-refractivity contribution is 14.0. The summed E-state index contributed by atoms with van der Waals surface area (Å²) in [6.45, 7) is 7.24. The van der Waals surface area contributed by atoms with Crippen LogP contribution in [0.15, 0.2) is 29.3 Å². The molecule has 0 spiro atoms. The second kappa shape index (κ2) is 14.1. The number of aliphatic imine (C=N–C) groups is 1. The molecule has 1 aromatic carbocycles. The first-order chi connectivity index (χ1) is 14.2. The molecule has 1 atom stereocenters. The summed E-state index contributed by atoms with van der Waals surface area (Å²) in [6, 6.07) is 8.19. The van der Waals surface area contributed by atoms with Crippen molar-refractivity contribution in [2.45, 2.75) is 57.7 Å².